The van der Waals surface area contributed by atoms with Gasteiger partial charge >= 0.3 is 0 Å². The number of hydrogen-bond acceptors (Lipinski definition) is 3. The molecule has 0 amide bonds. The number of hydrogen-bond donors (Lipinski definition) is 0. The molecule has 11 aromatic rings. The number of thiophene rings is 1. The van der Waals surface area contributed by atoms with Crippen molar-refractivity contribution < 1.29 is 0 Å². The van der Waals surface area contributed by atoms with Gasteiger partial charge in [0.25, 0.3) is 0 Å². The predicted molar refractivity (Wildman–Crippen MR) is 207 cm³/mol. The minimum Gasteiger partial charge on any atom is -0.309 e. The molecule has 0 saturated heterocycles. The number of fused-ring (bicyclic) bond motifs is 11. The van der Waals surface area contributed by atoms with E-state index < -0.39 is 0 Å². The summed E-state index contributed by atoms with van der Waals surface area (Å²) >= 11 is 1.85. The second kappa shape index (κ2) is 10.1. The first kappa shape index (κ1) is 26.7. The Kier molecular flexibility index (Phi) is 5.51. The molecule has 0 aliphatic heterocycles. The van der Waals surface area contributed by atoms with E-state index in [-0.39, 0.29) is 0 Å². The number of nitrogens with zero attached hydrogens (tertiary/aromatic N) is 4. The zero-order valence-corrected chi connectivity index (χ0v) is 27.0. The molecule has 4 aromatic heterocycles. The van der Waals surface area contributed by atoms with E-state index in [4.69, 9.17) is 9.97 Å². The molecule has 0 bridgehead atoms. The van der Waals surface area contributed by atoms with Gasteiger partial charge in [0.15, 0.2) is 0 Å². The van der Waals surface area contributed by atoms with Crippen LogP contribution in [0.25, 0.3) is 97.4 Å². The fourth-order valence-corrected chi connectivity index (χ4v) is 8.89. The maximum atomic E-state index is 5.03. The molecule has 0 N–H and O–H groups in total. The molecule has 4 nitrogen and oxygen atoms in total. The van der Waals surface area contributed by atoms with Crippen molar-refractivity contribution in [3.8, 4) is 22.6 Å². The van der Waals surface area contributed by atoms with E-state index in [0.29, 0.717) is 0 Å². The van der Waals surface area contributed by atoms with Crippen molar-refractivity contribution in [2.45, 2.75) is 0 Å². The lowest BCUT2D eigenvalue weighted by molar-refractivity contribution is 1.17. The lowest BCUT2D eigenvalue weighted by Crippen LogP contribution is -1.95. The molecule has 0 spiro atoms. The van der Waals surface area contributed by atoms with Crippen molar-refractivity contribution in [3.63, 3.8) is 0 Å². The first-order chi connectivity index (χ1) is 24.3. The number of para-hydroxylation sites is 4. The average molecular weight is 643 g/mol. The molecule has 0 saturated carbocycles. The fraction of sp³-hybridized carbons (Fsp3) is 0. The monoisotopic (exact) mass is 642 g/mol. The van der Waals surface area contributed by atoms with Crippen LogP contribution in [-0.2, 0) is 0 Å². The van der Waals surface area contributed by atoms with Crippen LogP contribution in [0.5, 0.6) is 0 Å². The zero-order valence-electron chi connectivity index (χ0n) is 26.2. The van der Waals surface area contributed by atoms with Gasteiger partial charge in [-0.1, -0.05) is 78.9 Å². The number of rotatable bonds is 3. The summed E-state index contributed by atoms with van der Waals surface area (Å²) in [6.07, 6.45) is 1.89. The van der Waals surface area contributed by atoms with E-state index in [1.807, 2.05) is 41.8 Å². The van der Waals surface area contributed by atoms with Gasteiger partial charge in [0.2, 0.25) is 0 Å². The van der Waals surface area contributed by atoms with Gasteiger partial charge in [0.05, 0.1) is 45.0 Å². The van der Waals surface area contributed by atoms with E-state index >= 15 is 0 Å². The summed E-state index contributed by atoms with van der Waals surface area (Å²) in [5.41, 5.74) is 10.7. The smallest absolute Gasteiger partial charge is 0.0894 e. The Morgan fingerprint density at radius 1 is 0.429 bits per heavy atom. The van der Waals surface area contributed by atoms with Gasteiger partial charge in [-0.3, -0.25) is 4.98 Å². The highest BCUT2D eigenvalue weighted by molar-refractivity contribution is 7.25. The Morgan fingerprint density at radius 3 is 1.96 bits per heavy atom. The van der Waals surface area contributed by atoms with Crippen molar-refractivity contribution in [1.29, 1.82) is 0 Å². The molecule has 5 heteroatoms. The van der Waals surface area contributed by atoms with Crippen LogP contribution >= 0.6 is 11.3 Å². The van der Waals surface area contributed by atoms with Crippen LogP contribution in [0.1, 0.15) is 0 Å². The highest BCUT2D eigenvalue weighted by Gasteiger charge is 2.21. The third-order valence-electron chi connectivity index (χ3n) is 9.94. The topological polar surface area (TPSA) is 35.6 Å². The van der Waals surface area contributed by atoms with E-state index in [1.54, 1.807) is 0 Å². The van der Waals surface area contributed by atoms with Gasteiger partial charge in [0, 0.05) is 58.7 Å². The third kappa shape index (κ3) is 3.85. The minimum absolute atomic E-state index is 0.863. The first-order valence-corrected chi connectivity index (χ1v) is 17.3. The van der Waals surface area contributed by atoms with Crippen LogP contribution in [0.3, 0.4) is 0 Å². The summed E-state index contributed by atoms with van der Waals surface area (Å²) in [6.45, 7) is 0. The van der Waals surface area contributed by atoms with Gasteiger partial charge in [-0.2, -0.15) is 0 Å². The highest BCUT2D eigenvalue weighted by atomic mass is 32.1. The van der Waals surface area contributed by atoms with Crippen molar-refractivity contribution >= 4 is 86.2 Å². The molecule has 0 atom stereocenters. The van der Waals surface area contributed by atoms with Crippen LogP contribution in [0.4, 0.5) is 0 Å². The van der Waals surface area contributed by atoms with Crippen LogP contribution in [-0.4, -0.2) is 19.1 Å². The van der Waals surface area contributed by atoms with Crippen LogP contribution in [0.15, 0.2) is 158 Å². The van der Waals surface area contributed by atoms with E-state index in [1.165, 1.54) is 58.3 Å². The van der Waals surface area contributed by atoms with Crippen LogP contribution < -0.4 is 0 Å². The van der Waals surface area contributed by atoms with Gasteiger partial charge in [-0.25, -0.2) is 4.98 Å². The molecule has 0 radical (unpaired) electrons. The minimum atomic E-state index is 0.863. The van der Waals surface area contributed by atoms with E-state index in [9.17, 15) is 0 Å². The van der Waals surface area contributed by atoms with Crippen molar-refractivity contribution in [3.05, 3.63) is 158 Å². The predicted octanol–water partition coefficient (Wildman–Crippen LogP) is 11.9. The Morgan fingerprint density at radius 2 is 1.10 bits per heavy atom. The summed E-state index contributed by atoms with van der Waals surface area (Å²) < 4.78 is 7.45. The largest absolute Gasteiger partial charge is 0.309 e. The molecule has 7 aromatic carbocycles. The van der Waals surface area contributed by atoms with E-state index in [0.717, 1.165) is 39.2 Å². The second-order valence-corrected chi connectivity index (χ2v) is 13.7. The lowest BCUT2D eigenvalue weighted by atomic mass is 10.0. The van der Waals surface area contributed by atoms with Crippen molar-refractivity contribution in [2.24, 2.45) is 0 Å². The molecule has 0 aliphatic rings. The molecular weight excluding hydrogens is 617 g/mol. The molecule has 49 heavy (non-hydrogen) atoms. The fourth-order valence-electron chi connectivity index (χ4n) is 7.81. The molecule has 0 unspecified atom stereocenters. The Hall–Kier alpha value is -6.30. The molecule has 0 fully saturated rings. The molecule has 4 heterocycles. The normalized spacial score (nSPS) is 12.1. The van der Waals surface area contributed by atoms with Crippen LogP contribution in [0.2, 0.25) is 0 Å². The van der Waals surface area contributed by atoms with Gasteiger partial charge in [-0.15, -0.1) is 11.3 Å². The summed E-state index contributed by atoms with van der Waals surface area (Å²) in [7, 11) is 0. The van der Waals surface area contributed by atoms with Crippen LogP contribution in [0, 0.1) is 0 Å². The van der Waals surface area contributed by atoms with E-state index in [2.05, 4.69) is 137 Å². The maximum Gasteiger partial charge on any atom is 0.0894 e. The SMILES string of the molecule is c1ccc(-n2c3ccccc3c3c4c5ccc(-c6cnc7ccccc7n6)cc5n(-c5ccc6sc7ccccc7c6c5)c4ccc32)cc1. The summed E-state index contributed by atoms with van der Waals surface area (Å²) in [4.78, 5) is 9.78. The molecule has 11 rings (SSSR count). The first-order valence-electron chi connectivity index (χ1n) is 16.5. The molecular formula is C44H26N4S. The zero-order chi connectivity index (χ0) is 32.1. The highest BCUT2D eigenvalue weighted by Crippen LogP contribution is 2.44. The quantitative estimate of drug-likeness (QED) is 0.192. The summed E-state index contributed by atoms with van der Waals surface area (Å²) in [6, 6.07) is 54.6. The number of aromatic nitrogens is 4. The van der Waals surface area contributed by atoms with Crippen molar-refractivity contribution in [1.82, 2.24) is 19.1 Å². The van der Waals surface area contributed by atoms with Gasteiger partial charge in [-0.05, 0) is 72.8 Å². The Balaban J connectivity index is 1.27. The summed E-state index contributed by atoms with van der Waals surface area (Å²) in [5, 5.41) is 7.56. The Bertz CT molecular complexity index is 3110. The molecule has 228 valence electrons. The Labute approximate surface area is 284 Å². The van der Waals surface area contributed by atoms with Gasteiger partial charge < -0.3 is 9.13 Å². The third-order valence-corrected chi connectivity index (χ3v) is 11.1. The summed E-state index contributed by atoms with van der Waals surface area (Å²) in [5.74, 6) is 0. The maximum absolute atomic E-state index is 5.03. The van der Waals surface area contributed by atoms with Crippen molar-refractivity contribution in [2.75, 3.05) is 0 Å². The molecule has 0 aliphatic carbocycles. The van der Waals surface area contributed by atoms with Gasteiger partial charge in [0.1, 0.15) is 0 Å². The second-order valence-electron chi connectivity index (χ2n) is 12.6. The lowest BCUT2D eigenvalue weighted by Gasteiger charge is -2.10. The number of benzene rings is 7. The average Bonchev–Trinajstić information content (AvgIpc) is 3.82. The standard InChI is InChI=1S/C44H26N4S/c1-2-10-28(11-3-1)47-37-16-8-4-13-31(37)43-38(47)21-22-39-44(43)32-20-18-27(36-26-45-34-14-6-7-15-35(34)46-36)24-40(32)48(39)29-19-23-42-33(25-29)30-12-5-9-17-41(30)49-42/h1-26H.